The van der Waals surface area contributed by atoms with Gasteiger partial charge in [0.05, 0.1) is 7.11 Å². The minimum Gasteiger partial charge on any atom is -0.498 e. The fraction of sp³-hybridized carbons (Fsp3) is 0.478. The van der Waals surface area contributed by atoms with Gasteiger partial charge in [0.2, 0.25) is 0 Å². The first-order chi connectivity index (χ1) is 12.3. The monoisotopic (exact) mass is 358 g/mol. The van der Waals surface area contributed by atoms with Crippen LogP contribution in [0.5, 0.6) is 0 Å². The summed E-state index contributed by atoms with van der Waals surface area (Å²) in [5, 5.41) is 0. The van der Waals surface area contributed by atoms with Gasteiger partial charge in [-0.1, -0.05) is 43.8 Å². The third-order valence-corrected chi connectivity index (χ3v) is 6.68. The molecule has 1 nitrogen and oxygen atoms in total. The van der Waals surface area contributed by atoms with Crippen LogP contribution in [-0.2, 0) is 10.2 Å². The number of fused-ring (bicyclic) bond motifs is 3. The van der Waals surface area contributed by atoms with E-state index in [2.05, 4.69) is 25.6 Å². The highest BCUT2D eigenvalue weighted by Crippen LogP contribution is 2.57. The van der Waals surface area contributed by atoms with Crippen LogP contribution < -0.4 is 0 Å². The third-order valence-electron chi connectivity index (χ3n) is 6.68. The summed E-state index contributed by atoms with van der Waals surface area (Å²) in [5.41, 5.74) is 2.92. The predicted molar refractivity (Wildman–Crippen MR) is 103 cm³/mol. The van der Waals surface area contributed by atoms with Gasteiger partial charge in [0.1, 0.15) is 5.76 Å². The van der Waals surface area contributed by atoms with Crippen molar-refractivity contribution in [1.29, 1.82) is 0 Å². The van der Waals surface area contributed by atoms with E-state index in [0.29, 0.717) is 11.0 Å². The molecule has 0 heterocycles. The maximum absolute atomic E-state index is 14.5. The van der Waals surface area contributed by atoms with Crippen LogP contribution >= 0.6 is 0 Å². The molecule has 26 heavy (non-hydrogen) atoms. The Morgan fingerprint density at radius 3 is 2.00 bits per heavy atom. The number of hydrogen-bond donors (Lipinski definition) is 0. The minimum absolute atomic E-state index is 0.0789. The third kappa shape index (κ3) is 3.24. The molecule has 0 aliphatic heterocycles. The average Bonchev–Trinajstić information content (AvgIpc) is 2.68. The van der Waals surface area contributed by atoms with Crippen LogP contribution in [0.1, 0.15) is 63.5 Å². The van der Waals surface area contributed by atoms with Gasteiger partial charge in [-0.15, -0.1) is 0 Å². The molecule has 3 aliphatic rings. The molecule has 1 aromatic carbocycles. The molecule has 0 unspecified atom stereocenters. The highest BCUT2D eigenvalue weighted by atomic mass is 19.2. The van der Waals surface area contributed by atoms with E-state index in [9.17, 15) is 8.78 Å². The number of rotatable bonds is 5. The van der Waals surface area contributed by atoms with E-state index < -0.39 is 11.7 Å². The van der Waals surface area contributed by atoms with E-state index in [1.165, 1.54) is 64.2 Å². The molecule has 2 bridgehead atoms. The van der Waals surface area contributed by atoms with Gasteiger partial charge < -0.3 is 4.74 Å². The highest BCUT2D eigenvalue weighted by Gasteiger charge is 2.46. The summed E-state index contributed by atoms with van der Waals surface area (Å²) in [4.78, 5) is 0. The van der Waals surface area contributed by atoms with Crippen LogP contribution in [0.4, 0.5) is 8.78 Å². The van der Waals surface area contributed by atoms with Crippen molar-refractivity contribution >= 4 is 5.57 Å². The van der Waals surface area contributed by atoms with Crippen LogP contribution in [0.2, 0.25) is 0 Å². The van der Waals surface area contributed by atoms with Gasteiger partial charge in [-0.25, -0.2) is 8.78 Å². The Morgan fingerprint density at radius 1 is 1.00 bits per heavy atom. The first-order valence-electron chi connectivity index (χ1n) is 9.38. The Hall–Kier alpha value is -1.90. The lowest BCUT2D eigenvalue weighted by Gasteiger charge is -2.52. The number of allylic oxidation sites excluding steroid dienone is 5. The van der Waals surface area contributed by atoms with Gasteiger partial charge in [0.25, 0.3) is 0 Å². The molecule has 1 aromatic rings. The number of hydrogen-bond acceptors (Lipinski definition) is 1. The summed E-state index contributed by atoms with van der Waals surface area (Å²) in [6.07, 6.45) is 8.90. The molecular formula is C23H28F2O. The Morgan fingerprint density at radius 2 is 1.54 bits per heavy atom. The van der Waals surface area contributed by atoms with Crippen molar-refractivity contribution < 1.29 is 13.5 Å². The van der Waals surface area contributed by atoms with E-state index in [1.54, 1.807) is 0 Å². The van der Waals surface area contributed by atoms with E-state index in [4.69, 9.17) is 4.74 Å². The van der Waals surface area contributed by atoms with Crippen molar-refractivity contribution in [3.8, 4) is 0 Å². The Kier molecular flexibility index (Phi) is 5.09. The molecule has 3 fully saturated rings. The molecule has 140 valence electrons. The van der Waals surface area contributed by atoms with Crippen molar-refractivity contribution in [1.82, 2.24) is 0 Å². The second-order valence-corrected chi connectivity index (χ2v) is 8.17. The maximum Gasteiger partial charge on any atom is 0.196 e. The fourth-order valence-electron chi connectivity index (χ4n) is 4.51. The molecule has 0 aromatic heterocycles. The lowest BCUT2D eigenvalue weighted by Crippen LogP contribution is -2.42. The summed E-state index contributed by atoms with van der Waals surface area (Å²) in [5.74, 6) is -2.00. The molecule has 3 aliphatic carbocycles. The molecule has 0 spiro atoms. The molecule has 0 N–H and O–H groups in total. The molecule has 0 atom stereocenters. The van der Waals surface area contributed by atoms with Crippen molar-refractivity contribution in [2.45, 2.75) is 57.8 Å². The second kappa shape index (κ2) is 7.02. The Balaban J connectivity index is 1.91. The molecule has 4 rings (SSSR count). The Bertz CT molecular complexity index is 730. The van der Waals surface area contributed by atoms with Crippen molar-refractivity contribution in [2.75, 3.05) is 7.11 Å². The SMILES string of the molecule is C=C/C(=C(F)\C(F)=C(/C)OC)c1ccc(C23CCC(C)(CC2)CC3)cc1. The molecule has 0 saturated heterocycles. The summed E-state index contributed by atoms with van der Waals surface area (Å²) < 4.78 is 33.4. The molecule has 3 saturated carbocycles. The lowest BCUT2D eigenvalue weighted by atomic mass is 9.52. The van der Waals surface area contributed by atoms with Crippen molar-refractivity contribution in [2.24, 2.45) is 5.41 Å². The first-order valence-corrected chi connectivity index (χ1v) is 9.38. The number of benzene rings is 1. The maximum atomic E-state index is 14.5. The van der Waals surface area contributed by atoms with Crippen molar-refractivity contribution in [3.63, 3.8) is 0 Å². The largest absolute Gasteiger partial charge is 0.498 e. The van der Waals surface area contributed by atoms with Crippen LogP contribution in [0.3, 0.4) is 0 Å². The van der Waals surface area contributed by atoms with E-state index >= 15 is 0 Å². The fourth-order valence-corrected chi connectivity index (χ4v) is 4.51. The summed E-state index contributed by atoms with van der Waals surface area (Å²) >= 11 is 0. The molecule has 0 radical (unpaired) electrons. The van der Waals surface area contributed by atoms with E-state index in [0.717, 1.165) is 0 Å². The lowest BCUT2D eigenvalue weighted by molar-refractivity contribution is 0.0556. The van der Waals surface area contributed by atoms with Crippen LogP contribution in [0.15, 0.2) is 54.3 Å². The van der Waals surface area contributed by atoms with Crippen molar-refractivity contribution in [3.05, 3.63) is 65.5 Å². The summed E-state index contributed by atoms with van der Waals surface area (Å²) in [7, 11) is 1.32. The van der Waals surface area contributed by atoms with Crippen LogP contribution in [0, 0.1) is 5.41 Å². The smallest absolute Gasteiger partial charge is 0.196 e. The Labute approximate surface area is 155 Å². The molecular weight excluding hydrogens is 330 g/mol. The van der Waals surface area contributed by atoms with Crippen LogP contribution in [-0.4, -0.2) is 7.11 Å². The zero-order valence-electron chi connectivity index (χ0n) is 16.0. The van der Waals surface area contributed by atoms with Crippen LogP contribution in [0.25, 0.3) is 5.57 Å². The molecule has 0 amide bonds. The van der Waals surface area contributed by atoms with Gasteiger partial charge in [-0.2, -0.15) is 0 Å². The van der Waals surface area contributed by atoms with Gasteiger partial charge in [0, 0.05) is 5.57 Å². The predicted octanol–water partition coefficient (Wildman–Crippen LogP) is 7.01. The quantitative estimate of drug-likeness (QED) is 0.406. The van der Waals surface area contributed by atoms with Gasteiger partial charge in [-0.05, 0) is 67.4 Å². The summed E-state index contributed by atoms with van der Waals surface area (Å²) in [6, 6.07) is 7.95. The number of halogens is 2. The summed E-state index contributed by atoms with van der Waals surface area (Å²) in [6.45, 7) is 7.46. The number of ether oxygens (including phenoxy) is 1. The van der Waals surface area contributed by atoms with Gasteiger partial charge in [-0.3, -0.25) is 0 Å². The minimum atomic E-state index is -0.982. The second-order valence-electron chi connectivity index (χ2n) is 8.17. The zero-order valence-corrected chi connectivity index (χ0v) is 16.0. The van der Waals surface area contributed by atoms with Gasteiger partial charge in [0.15, 0.2) is 11.7 Å². The standard InChI is InChI=1S/C23H28F2O/c1-5-19(21(25)20(24)16(2)26-4)17-6-8-18(9-7-17)23-13-10-22(3,11-14-23)12-15-23/h5-9H,1,10-15H2,2-4H3/b20-16-,21-19-. The zero-order chi connectivity index (χ0) is 18.9. The normalized spacial score (nSPS) is 29.7. The van der Waals surface area contributed by atoms with E-state index in [-0.39, 0.29) is 16.7 Å². The topological polar surface area (TPSA) is 9.23 Å². The molecule has 3 heteroatoms. The highest BCUT2D eigenvalue weighted by molar-refractivity contribution is 5.77. The van der Waals surface area contributed by atoms with Gasteiger partial charge >= 0.3 is 0 Å². The average molecular weight is 358 g/mol. The first kappa shape index (κ1) is 18.9. The van der Waals surface area contributed by atoms with E-state index in [1.807, 2.05) is 12.1 Å². The number of methoxy groups -OCH3 is 1.